The molecule has 3 N–H and O–H groups in total. The summed E-state index contributed by atoms with van der Waals surface area (Å²) in [6.45, 7) is 7.70. The Labute approximate surface area is 197 Å². The standard InChI is InChI=1S/C25H26N8O/c1-3-22(34)27-19-6-4-5-17(15-19)23-24-21(30-31-23)16-26-25(29-24)28-18-7-9-20(10-8-18)33-13-11-32(2)12-14-33/h3-10,15-16H,1,11-14H2,2H3,(H,27,34)(H,30,31)(H,26,28,29). The van der Waals surface area contributed by atoms with E-state index in [0.717, 1.165) is 42.9 Å². The van der Waals surface area contributed by atoms with Gasteiger partial charge in [-0.05, 0) is 49.5 Å². The number of H-pyrrole nitrogens is 1. The Morgan fingerprint density at radius 2 is 1.88 bits per heavy atom. The van der Waals surface area contributed by atoms with E-state index in [4.69, 9.17) is 4.98 Å². The van der Waals surface area contributed by atoms with Gasteiger partial charge in [0.25, 0.3) is 0 Å². The lowest BCUT2D eigenvalue weighted by atomic mass is 10.1. The molecule has 4 aromatic rings. The molecule has 9 heteroatoms. The molecule has 5 rings (SSSR count). The first kappa shape index (κ1) is 21.6. The van der Waals surface area contributed by atoms with Crippen LogP contribution in [-0.2, 0) is 4.79 Å². The fourth-order valence-electron chi connectivity index (χ4n) is 3.96. The van der Waals surface area contributed by atoms with Crippen molar-refractivity contribution in [3.05, 3.63) is 67.4 Å². The number of carbonyl (C=O) groups excluding carboxylic acids is 1. The normalized spacial score (nSPS) is 14.2. The fraction of sp³-hybridized carbons (Fsp3) is 0.200. The van der Waals surface area contributed by atoms with Gasteiger partial charge in [0.2, 0.25) is 11.9 Å². The van der Waals surface area contributed by atoms with E-state index in [1.807, 2.05) is 36.4 Å². The molecule has 172 valence electrons. The number of aromatic amines is 1. The maximum absolute atomic E-state index is 11.6. The summed E-state index contributed by atoms with van der Waals surface area (Å²) < 4.78 is 0. The van der Waals surface area contributed by atoms with Gasteiger partial charge in [-0.3, -0.25) is 9.89 Å². The molecular weight excluding hydrogens is 428 g/mol. The maximum atomic E-state index is 11.6. The van der Waals surface area contributed by atoms with E-state index >= 15 is 0 Å². The first-order chi connectivity index (χ1) is 16.6. The van der Waals surface area contributed by atoms with Crippen molar-refractivity contribution in [3.8, 4) is 11.3 Å². The zero-order valence-electron chi connectivity index (χ0n) is 19.0. The number of fused-ring (bicyclic) bond motifs is 1. The molecule has 0 spiro atoms. The molecular formula is C25H26N8O. The van der Waals surface area contributed by atoms with E-state index in [-0.39, 0.29) is 5.91 Å². The monoisotopic (exact) mass is 454 g/mol. The average Bonchev–Trinajstić information content (AvgIpc) is 3.28. The van der Waals surface area contributed by atoms with Crippen molar-refractivity contribution in [1.29, 1.82) is 0 Å². The Balaban J connectivity index is 1.36. The van der Waals surface area contributed by atoms with Gasteiger partial charge < -0.3 is 20.4 Å². The lowest BCUT2D eigenvalue weighted by Crippen LogP contribution is -2.44. The molecule has 34 heavy (non-hydrogen) atoms. The highest BCUT2D eigenvalue weighted by Crippen LogP contribution is 2.28. The van der Waals surface area contributed by atoms with E-state index in [0.29, 0.717) is 22.8 Å². The van der Waals surface area contributed by atoms with Gasteiger partial charge in [0.1, 0.15) is 16.7 Å². The molecule has 1 saturated heterocycles. The van der Waals surface area contributed by atoms with Crippen LogP contribution in [0.1, 0.15) is 0 Å². The molecule has 9 nitrogen and oxygen atoms in total. The topological polar surface area (TPSA) is 102 Å². The zero-order chi connectivity index (χ0) is 23.5. The number of piperazine rings is 1. The van der Waals surface area contributed by atoms with Crippen molar-refractivity contribution in [3.63, 3.8) is 0 Å². The minimum atomic E-state index is -0.267. The van der Waals surface area contributed by atoms with Crippen LogP contribution in [0.25, 0.3) is 22.3 Å². The second kappa shape index (κ2) is 9.32. The van der Waals surface area contributed by atoms with E-state index in [2.05, 4.69) is 61.4 Å². The number of likely N-dealkylation sites (N-methyl/N-ethyl adjacent to an activating group) is 1. The molecule has 0 atom stereocenters. The van der Waals surface area contributed by atoms with Crippen LogP contribution in [0.4, 0.5) is 23.0 Å². The molecule has 1 fully saturated rings. The van der Waals surface area contributed by atoms with Gasteiger partial charge in [-0.1, -0.05) is 18.7 Å². The van der Waals surface area contributed by atoms with E-state index < -0.39 is 0 Å². The third-order valence-corrected chi connectivity index (χ3v) is 5.88. The fourth-order valence-corrected chi connectivity index (χ4v) is 3.96. The van der Waals surface area contributed by atoms with Crippen molar-refractivity contribution >= 4 is 40.0 Å². The van der Waals surface area contributed by atoms with E-state index in [1.54, 1.807) is 6.20 Å². The first-order valence-electron chi connectivity index (χ1n) is 11.1. The van der Waals surface area contributed by atoms with Crippen molar-refractivity contribution in [1.82, 2.24) is 25.1 Å². The van der Waals surface area contributed by atoms with Crippen LogP contribution in [0.5, 0.6) is 0 Å². The number of carbonyl (C=O) groups is 1. The van der Waals surface area contributed by atoms with Crippen molar-refractivity contribution in [2.24, 2.45) is 0 Å². The van der Waals surface area contributed by atoms with Crippen LogP contribution >= 0.6 is 0 Å². The predicted molar refractivity (Wildman–Crippen MR) is 135 cm³/mol. The summed E-state index contributed by atoms with van der Waals surface area (Å²) >= 11 is 0. The number of anilines is 4. The van der Waals surface area contributed by atoms with Crippen LogP contribution in [0, 0.1) is 0 Å². The highest BCUT2D eigenvalue weighted by atomic mass is 16.1. The lowest BCUT2D eigenvalue weighted by Gasteiger charge is -2.34. The number of rotatable bonds is 6. The van der Waals surface area contributed by atoms with Gasteiger partial charge in [-0.25, -0.2) is 9.97 Å². The SMILES string of the molecule is C=CC(=O)Nc1cccc(-c2n[nH]c3cnc(Nc4ccc(N5CCN(C)CC5)cc4)nc23)c1. The Bertz CT molecular complexity index is 1320. The maximum Gasteiger partial charge on any atom is 0.247 e. The van der Waals surface area contributed by atoms with Crippen LogP contribution in [0.15, 0.2) is 67.4 Å². The number of benzene rings is 2. The Kier molecular flexibility index (Phi) is 5.92. The van der Waals surface area contributed by atoms with Crippen LogP contribution in [-0.4, -0.2) is 64.2 Å². The van der Waals surface area contributed by atoms with Gasteiger partial charge in [0.05, 0.1) is 6.20 Å². The Hall–Kier alpha value is -4.24. The molecule has 0 unspecified atom stereocenters. The van der Waals surface area contributed by atoms with Crippen LogP contribution < -0.4 is 15.5 Å². The third kappa shape index (κ3) is 4.60. The van der Waals surface area contributed by atoms with Gasteiger partial charge in [-0.15, -0.1) is 0 Å². The highest BCUT2D eigenvalue weighted by Gasteiger charge is 2.15. The summed E-state index contributed by atoms with van der Waals surface area (Å²) in [6, 6.07) is 15.8. The van der Waals surface area contributed by atoms with Crippen molar-refractivity contribution in [2.45, 2.75) is 0 Å². The van der Waals surface area contributed by atoms with Crippen LogP contribution in [0.2, 0.25) is 0 Å². The summed E-state index contributed by atoms with van der Waals surface area (Å²) in [5, 5.41) is 13.5. The first-order valence-corrected chi connectivity index (χ1v) is 11.1. The number of aromatic nitrogens is 4. The molecule has 0 aliphatic carbocycles. The molecule has 1 aliphatic heterocycles. The molecule has 2 aromatic heterocycles. The van der Waals surface area contributed by atoms with Gasteiger partial charge in [0.15, 0.2) is 0 Å². The molecule has 0 bridgehead atoms. The lowest BCUT2D eigenvalue weighted by molar-refractivity contribution is -0.111. The van der Waals surface area contributed by atoms with E-state index in [9.17, 15) is 4.79 Å². The smallest absolute Gasteiger partial charge is 0.247 e. The number of nitrogens with zero attached hydrogens (tertiary/aromatic N) is 5. The highest BCUT2D eigenvalue weighted by molar-refractivity contribution is 5.99. The summed E-state index contributed by atoms with van der Waals surface area (Å²) in [5.41, 5.74) is 5.72. The average molecular weight is 455 g/mol. The van der Waals surface area contributed by atoms with Gasteiger partial charge in [0, 0.05) is 48.8 Å². The van der Waals surface area contributed by atoms with Gasteiger partial charge >= 0.3 is 0 Å². The number of hydrogen-bond acceptors (Lipinski definition) is 7. The molecule has 0 saturated carbocycles. The second-order valence-corrected chi connectivity index (χ2v) is 8.26. The van der Waals surface area contributed by atoms with Gasteiger partial charge in [-0.2, -0.15) is 5.10 Å². The summed E-state index contributed by atoms with van der Waals surface area (Å²) in [5.74, 6) is 0.218. The van der Waals surface area contributed by atoms with Crippen LogP contribution in [0.3, 0.4) is 0 Å². The quantitative estimate of drug-likeness (QED) is 0.382. The number of amides is 1. The minimum Gasteiger partial charge on any atom is -0.369 e. The molecule has 2 aromatic carbocycles. The number of hydrogen-bond donors (Lipinski definition) is 3. The second-order valence-electron chi connectivity index (χ2n) is 8.26. The van der Waals surface area contributed by atoms with Crippen molar-refractivity contribution < 1.29 is 4.79 Å². The third-order valence-electron chi connectivity index (χ3n) is 5.88. The largest absolute Gasteiger partial charge is 0.369 e. The van der Waals surface area contributed by atoms with E-state index in [1.165, 1.54) is 11.8 Å². The number of nitrogens with one attached hydrogen (secondary N) is 3. The Morgan fingerprint density at radius 3 is 2.65 bits per heavy atom. The molecule has 3 heterocycles. The molecule has 0 radical (unpaired) electrons. The molecule has 1 aliphatic rings. The summed E-state index contributed by atoms with van der Waals surface area (Å²) in [6.07, 6.45) is 2.95. The Morgan fingerprint density at radius 1 is 1.09 bits per heavy atom. The predicted octanol–water partition coefficient (Wildman–Crippen LogP) is 3.64. The summed E-state index contributed by atoms with van der Waals surface area (Å²) in [4.78, 5) is 25.5. The summed E-state index contributed by atoms with van der Waals surface area (Å²) in [7, 11) is 2.16. The van der Waals surface area contributed by atoms with Crippen molar-refractivity contribution in [2.75, 3.05) is 48.8 Å². The zero-order valence-corrected chi connectivity index (χ0v) is 19.0. The minimum absolute atomic E-state index is 0.267. The molecule has 1 amide bonds.